The smallest absolute Gasteiger partial charge is 0.240 e. The van der Waals surface area contributed by atoms with E-state index in [0.717, 1.165) is 40.2 Å². The molecule has 2 amide bonds. The minimum absolute atomic E-state index is 0.00703. The second-order valence-electron chi connectivity index (χ2n) is 8.06. The minimum atomic E-state index is -0.157. The van der Waals surface area contributed by atoms with Gasteiger partial charge in [-0.3, -0.25) is 9.59 Å². The Labute approximate surface area is 192 Å². The van der Waals surface area contributed by atoms with Gasteiger partial charge in [-0.25, -0.2) is 4.99 Å². The number of anilines is 1. The van der Waals surface area contributed by atoms with E-state index in [9.17, 15) is 9.59 Å². The highest BCUT2D eigenvalue weighted by Crippen LogP contribution is 2.36. The van der Waals surface area contributed by atoms with E-state index in [1.54, 1.807) is 16.2 Å². The van der Waals surface area contributed by atoms with E-state index in [2.05, 4.69) is 17.4 Å². The number of carbonyl (C=O) groups excluding carboxylic acids is 2. The maximum absolute atomic E-state index is 13.2. The molecule has 2 heterocycles. The van der Waals surface area contributed by atoms with Crippen LogP contribution in [-0.4, -0.2) is 30.6 Å². The predicted molar refractivity (Wildman–Crippen MR) is 131 cm³/mol. The maximum Gasteiger partial charge on any atom is 0.240 e. The summed E-state index contributed by atoms with van der Waals surface area (Å²) >= 11 is 1.57. The number of thiophene rings is 1. The molecule has 3 aromatic rings. The van der Waals surface area contributed by atoms with Gasteiger partial charge in [0.25, 0.3) is 0 Å². The summed E-state index contributed by atoms with van der Waals surface area (Å²) in [6, 6.07) is 18.1. The van der Waals surface area contributed by atoms with Crippen LogP contribution in [0.5, 0.6) is 0 Å². The molecule has 0 saturated carbocycles. The predicted octanol–water partition coefficient (Wildman–Crippen LogP) is 4.97. The van der Waals surface area contributed by atoms with Crippen molar-refractivity contribution in [1.29, 1.82) is 0 Å². The van der Waals surface area contributed by atoms with Crippen LogP contribution in [0.1, 0.15) is 34.4 Å². The van der Waals surface area contributed by atoms with E-state index in [1.807, 2.05) is 61.7 Å². The zero-order chi connectivity index (χ0) is 22.5. The Morgan fingerprint density at radius 3 is 2.62 bits per heavy atom. The molecule has 1 aromatic heterocycles. The fraction of sp³-hybridized carbons (Fsp3) is 0.269. The molecular weight excluding hydrogens is 418 g/mol. The summed E-state index contributed by atoms with van der Waals surface area (Å²) in [7, 11) is 0. The molecule has 6 heteroatoms. The van der Waals surface area contributed by atoms with Crippen molar-refractivity contribution in [2.45, 2.75) is 33.1 Å². The summed E-state index contributed by atoms with van der Waals surface area (Å²) in [5.41, 5.74) is 5.61. The van der Waals surface area contributed by atoms with Crippen LogP contribution in [0.4, 0.5) is 11.4 Å². The van der Waals surface area contributed by atoms with Crippen LogP contribution in [0.25, 0.3) is 0 Å². The molecule has 32 heavy (non-hydrogen) atoms. The van der Waals surface area contributed by atoms with Gasteiger partial charge in [-0.1, -0.05) is 36.4 Å². The second-order valence-corrected chi connectivity index (χ2v) is 9.00. The van der Waals surface area contributed by atoms with Gasteiger partial charge in [0.1, 0.15) is 6.54 Å². The molecule has 1 N–H and O–H groups in total. The summed E-state index contributed by atoms with van der Waals surface area (Å²) in [5, 5.41) is 4.95. The van der Waals surface area contributed by atoms with Crippen molar-refractivity contribution in [3.05, 3.63) is 81.5 Å². The summed E-state index contributed by atoms with van der Waals surface area (Å²) in [6.07, 6.45) is 1.93. The van der Waals surface area contributed by atoms with Gasteiger partial charge in [-0.15, -0.1) is 11.3 Å². The zero-order valence-electron chi connectivity index (χ0n) is 18.4. The maximum atomic E-state index is 13.2. The topological polar surface area (TPSA) is 61.8 Å². The molecule has 0 saturated heterocycles. The lowest BCUT2D eigenvalue weighted by Gasteiger charge is -2.23. The molecule has 0 spiro atoms. The third kappa shape index (κ3) is 5.14. The SMILES string of the molecule is Cc1cc2c(cc1C)N(CC(=O)NCCCc1ccccc1)C(=O)CC(c1cccs1)=N2. The molecule has 1 aliphatic rings. The van der Waals surface area contributed by atoms with Crippen molar-refractivity contribution in [2.75, 3.05) is 18.0 Å². The van der Waals surface area contributed by atoms with Crippen LogP contribution < -0.4 is 10.2 Å². The Morgan fingerprint density at radius 2 is 1.88 bits per heavy atom. The third-order valence-electron chi connectivity index (χ3n) is 5.67. The molecule has 5 nitrogen and oxygen atoms in total. The highest BCUT2D eigenvalue weighted by Gasteiger charge is 2.27. The van der Waals surface area contributed by atoms with E-state index in [1.165, 1.54) is 5.56 Å². The molecule has 0 radical (unpaired) electrons. The van der Waals surface area contributed by atoms with Crippen molar-refractivity contribution >= 4 is 40.2 Å². The normalized spacial score (nSPS) is 13.4. The van der Waals surface area contributed by atoms with Crippen LogP contribution in [0.3, 0.4) is 0 Å². The van der Waals surface area contributed by atoms with Gasteiger partial charge in [-0.05, 0) is 67.0 Å². The van der Waals surface area contributed by atoms with Gasteiger partial charge >= 0.3 is 0 Å². The molecule has 2 aromatic carbocycles. The summed E-state index contributed by atoms with van der Waals surface area (Å²) in [4.78, 5) is 33.3. The number of amides is 2. The lowest BCUT2D eigenvalue weighted by Crippen LogP contribution is -2.41. The number of benzene rings is 2. The Morgan fingerprint density at radius 1 is 1.09 bits per heavy atom. The van der Waals surface area contributed by atoms with Crippen molar-refractivity contribution < 1.29 is 9.59 Å². The number of carbonyl (C=O) groups is 2. The van der Waals surface area contributed by atoms with E-state index in [4.69, 9.17) is 4.99 Å². The summed E-state index contributed by atoms with van der Waals surface area (Å²) < 4.78 is 0. The lowest BCUT2D eigenvalue weighted by atomic mass is 10.1. The van der Waals surface area contributed by atoms with Crippen molar-refractivity contribution in [1.82, 2.24) is 5.32 Å². The van der Waals surface area contributed by atoms with Gasteiger partial charge in [0.2, 0.25) is 11.8 Å². The van der Waals surface area contributed by atoms with Crippen LogP contribution in [0.15, 0.2) is 65.0 Å². The zero-order valence-corrected chi connectivity index (χ0v) is 19.2. The third-order valence-corrected chi connectivity index (χ3v) is 6.59. The number of fused-ring (bicyclic) bond motifs is 1. The van der Waals surface area contributed by atoms with Crippen molar-refractivity contribution in [3.63, 3.8) is 0 Å². The Kier molecular flexibility index (Phi) is 6.81. The fourth-order valence-corrected chi connectivity index (χ4v) is 4.49. The average Bonchev–Trinajstić information content (AvgIpc) is 3.29. The summed E-state index contributed by atoms with van der Waals surface area (Å²) in [5.74, 6) is -0.270. The monoisotopic (exact) mass is 445 g/mol. The number of hydrogen-bond acceptors (Lipinski definition) is 4. The fourth-order valence-electron chi connectivity index (χ4n) is 3.77. The van der Waals surface area contributed by atoms with E-state index in [-0.39, 0.29) is 24.8 Å². The summed E-state index contributed by atoms with van der Waals surface area (Å²) in [6.45, 7) is 4.61. The number of nitrogens with one attached hydrogen (secondary N) is 1. The molecule has 4 rings (SSSR count). The molecule has 0 bridgehead atoms. The molecular formula is C26H27N3O2S. The van der Waals surface area contributed by atoms with E-state index in [0.29, 0.717) is 12.2 Å². The molecule has 0 unspecified atom stereocenters. The number of rotatable bonds is 7. The molecule has 1 aliphatic heterocycles. The quantitative estimate of drug-likeness (QED) is 0.522. The van der Waals surface area contributed by atoms with Gasteiger partial charge in [0.05, 0.1) is 23.5 Å². The first-order valence-electron chi connectivity index (χ1n) is 10.8. The Bertz CT molecular complexity index is 1140. The Hall–Kier alpha value is -3.25. The minimum Gasteiger partial charge on any atom is -0.355 e. The van der Waals surface area contributed by atoms with Gasteiger partial charge in [0.15, 0.2) is 0 Å². The average molecular weight is 446 g/mol. The van der Waals surface area contributed by atoms with Gasteiger partial charge in [-0.2, -0.15) is 0 Å². The van der Waals surface area contributed by atoms with Crippen LogP contribution in [0, 0.1) is 13.8 Å². The van der Waals surface area contributed by atoms with Crippen LogP contribution in [0.2, 0.25) is 0 Å². The second kappa shape index (κ2) is 9.92. The van der Waals surface area contributed by atoms with E-state index >= 15 is 0 Å². The standard InChI is InChI=1S/C26H27N3O2S/c1-18-14-21-23(15-19(18)2)29(26(31)16-22(28-21)24-11-7-13-32-24)17-25(30)27-12-6-10-20-8-4-3-5-9-20/h3-5,7-9,11,13-15H,6,10,12,16-17H2,1-2H3,(H,27,30). The highest BCUT2D eigenvalue weighted by atomic mass is 32.1. The highest BCUT2D eigenvalue weighted by molar-refractivity contribution is 7.12. The first-order valence-corrected chi connectivity index (χ1v) is 11.7. The first kappa shape index (κ1) is 22.0. The molecule has 0 aliphatic carbocycles. The van der Waals surface area contributed by atoms with Crippen LogP contribution >= 0.6 is 11.3 Å². The molecule has 164 valence electrons. The number of aryl methyl sites for hydroxylation is 3. The van der Waals surface area contributed by atoms with Gasteiger partial charge < -0.3 is 10.2 Å². The molecule has 0 atom stereocenters. The lowest BCUT2D eigenvalue weighted by molar-refractivity contribution is -0.123. The first-order chi connectivity index (χ1) is 15.5. The van der Waals surface area contributed by atoms with Gasteiger partial charge in [0, 0.05) is 11.4 Å². The number of aliphatic imine (C=N–C) groups is 1. The van der Waals surface area contributed by atoms with E-state index < -0.39 is 0 Å². The largest absolute Gasteiger partial charge is 0.355 e. The Balaban J connectivity index is 1.47. The number of hydrogen-bond donors (Lipinski definition) is 1. The van der Waals surface area contributed by atoms with Crippen molar-refractivity contribution in [2.24, 2.45) is 4.99 Å². The van der Waals surface area contributed by atoms with Crippen molar-refractivity contribution in [3.8, 4) is 0 Å². The molecule has 0 fully saturated rings. The number of nitrogens with zero attached hydrogens (tertiary/aromatic N) is 2. The van der Waals surface area contributed by atoms with Crippen LogP contribution in [-0.2, 0) is 16.0 Å².